The maximum atomic E-state index is 5.06. The van der Waals surface area contributed by atoms with E-state index in [2.05, 4.69) is 155 Å². The zero-order valence-corrected chi connectivity index (χ0v) is 28.7. The lowest BCUT2D eigenvalue weighted by molar-refractivity contribution is 0.549. The van der Waals surface area contributed by atoms with Crippen molar-refractivity contribution in [3.63, 3.8) is 0 Å². The van der Waals surface area contributed by atoms with Crippen LogP contribution in [0.2, 0.25) is 0 Å². The summed E-state index contributed by atoms with van der Waals surface area (Å²) in [4.78, 5) is 10.1. The minimum atomic E-state index is -0.0662. The number of nitrogens with zero attached hydrogens (tertiary/aromatic N) is 2. The quantitative estimate of drug-likeness (QED) is 0.345. The normalized spacial score (nSPS) is 13.8. The van der Waals surface area contributed by atoms with Crippen molar-refractivity contribution in [2.75, 3.05) is 0 Å². The van der Waals surface area contributed by atoms with Gasteiger partial charge in [-0.2, -0.15) is 9.98 Å². The second-order valence-electron chi connectivity index (χ2n) is 17.7. The second-order valence-corrected chi connectivity index (χ2v) is 17.7. The maximum absolute atomic E-state index is 5.06. The Morgan fingerprint density at radius 1 is 0.359 bits per heavy atom. The van der Waals surface area contributed by atoms with Crippen LogP contribution in [0.4, 0.5) is 11.4 Å². The van der Waals surface area contributed by atoms with Gasteiger partial charge in [0.15, 0.2) is 0 Å². The van der Waals surface area contributed by atoms with E-state index < -0.39 is 0 Å². The summed E-state index contributed by atoms with van der Waals surface area (Å²) in [6.45, 7) is 41.0. The minimum Gasteiger partial charge on any atom is -0.187 e. The first kappa shape index (κ1) is 33.0. The minimum absolute atomic E-state index is 0.0500. The Morgan fingerprint density at radius 3 is 0.718 bits per heavy atom. The molecule has 0 aromatic heterocycles. The summed E-state index contributed by atoms with van der Waals surface area (Å²) >= 11 is 0. The second kappa shape index (κ2) is 10.3. The van der Waals surface area contributed by atoms with Gasteiger partial charge in [0.1, 0.15) is 6.01 Å². The van der Waals surface area contributed by atoms with Crippen molar-refractivity contribution in [2.45, 2.75) is 157 Å². The van der Waals surface area contributed by atoms with Crippen molar-refractivity contribution >= 4 is 17.4 Å². The highest BCUT2D eigenvalue weighted by Crippen LogP contribution is 2.44. The van der Waals surface area contributed by atoms with E-state index in [0.717, 1.165) is 11.4 Å². The van der Waals surface area contributed by atoms with Crippen LogP contribution in [-0.2, 0) is 32.5 Å². The lowest BCUT2D eigenvalue weighted by Gasteiger charge is -2.32. The Hall–Kier alpha value is -2.18. The predicted octanol–water partition coefficient (Wildman–Crippen LogP) is 11.6. The van der Waals surface area contributed by atoms with Crippen LogP contribution in [0.15, 0.2) is 34.3 Å². The molecular formula is C37H58N2. The van der Waals surface area contributed by atoms with Gasteiger partial charge in [-0.15, -0.1) is 0 Å². The van der Waals surface area contributed by atoms with E-state index >= 15 is 0 Å². The summed E-state index contributed by atoms with van der Waals surface area (Å²) in [5.41, 5.74) is 9.53. The van der Waals surface area contributed by atoms with Gasteiger partial charge in [-0.25, -0.2) is 0 Å². The Balaban J connectivity index is 3.02. The van der Waals surface area contributed by atoms with Gasteiger partial charge >= 0.3 is 0 Å². The Bertz CT molecular complexity index is 1090. The van der Waals surface area contributed by atoms with Gasteiger partial charge in [-0.3, -0.25) is 0 Å². The molecule has 0 unspecified atom stereocenters. The van der Waals surface area contributed by atoms with Crippen LogP contribution in [-0.4, -0.2) is 6.01 Å². The molecule has 0 atom stereocenters. The summed E-state index contributed by atoms with van der Waals surface area (Å²) in [7, 11) is 0. The molecule has 0 amide bonds. The summed E-state index contributed by atoms with van der Waals surface area (Å²) < 4.78 is 0. The van der Waals surface area contributed by atoms with Crippen LogP contribution < -0.4 is 0 Å². The molecule has 0 saturated carbocycles. The van der Waals surface area contributed by atoms with E-state index in [9.17, 15) is 0 Å². The first-order valence-electron chi connectivity index (χ1n) is 14.7. The molecule has 39 heavy (non-hydrogen) atoms. The average molecular weight is 531 g/mol. The van der Waals surface area contributed by atoms with Crippen LogP contribution >= 0.6 is 0 Å². The van der Waals surface area contributed by atoms with Gasteiger partial charge in [0.25, 0.3) is 0 Å². The molecular weight excluding hydrogens is 472 g/mol. The summed E-state index contributed by atoms with van der Waals surface area (Å²) in [6.07, 6.45) is 0. The van der Waals surface area contributed by atoms with E-state index in [1.165, 1.54) is 33.4 Å². The van der Waals surface area contributed by atoms with Crippen LogP contribution in [0.1, 0.15) is 158 Å². The zero-order valence-electron chi connectivity index (χ0n) is 28.7. The molecule has 2 aromatic rings. The van der Waals surface area contributed by atoms with Gasteiger partial charge in [0.05, 0.1) is 11.4 Å². The SMILES string of the molecule is CC(C)(C)c1cc(C(C)(C)C)c(N=C=Nc2c(C(C)(C)C)cc(C(C)(C)C)cc2C(C)(C)C)c(C(C)(C)C)c1. The summed E-state index contributed by atoms with van der Waals surface area (Å²) in [5, 5.41) is 0. The average Bonchev–Trinajstić information content (AvgIpc) is 2.68. The van der Waals surface area contributed by atoms with Crippen molar-refractivity contribution < 1.29 is 0 Å². The number of aliphatic imine (C=N–C) groups is 2. The molecule has 0 aliphatic carbocycles. The van der Waals surface area contributed by atoms with Crippen molar-refractivity contribution in [3.8, 4) is 0 Å². The zero-order chi connectivity index (χ0) is 30.6. The largest absolute Gasteiger partial charge is 0.187 e. The molecule has 0 aliphatic heterocycles. The van der Waals surface area contributed by atoms with Gasteiger partial charge in [-0.1, -0.05) is 149 Å². The van der Waals surface area contributed by atoms with Crippen LogP contribution in [0.5, 0.6) is 0 Å². The monoisotopic (exact) mass is 530 g/mol. The van der Waals surface area contributed by atoms with E-state index in [-0.39, 0.29) is 32.5 Å². The fourth-order valence-electron chi connectivity index (χ4n) is 4.79. The fourth-order valence-corrected chi connectivity index (χ4v) is 4.79. The van der Waals surface area contributed by atoms with Crippen LogP contribution in [0.3, 0.4) is 0 Å². The number of benzene rings is 2. The number of hydrogen-bond acceptors (Lipinski definition) is 2. The van der Waals surface area contributed by atoms with Crippen LogP contribution in [0.25, 0.3) is 0 Å². The van der Waals surface area contributed by atoms with E-state index in [1.54, 1.807) is 0 Å². The highest BCUT2D eigenvalue weighted by atomic mass is 14.8. The summed E-state index contributed by atoms with van der Waals surface area (Å²) in [6, 6.07) is 12.7. The Labute approximate surface area is 241 Å². The van der Waals surface area contributed by atoms with Crippen molar-refractivity contribution in [1.82, 2.24) is 0 Å². The lowest BCUT2D eigenvalue weighted by atomic mass is 9.74. The molecule has 0 N–H and O–H groups in total. The smallest absolute Gasteiger partial charge is 0.101 e. The third kappa shape index (κ3) is 7.94. The third-order valence-electron chi connectivity index (χ3n) is 7.51. The van der Waals surface area contributed by atoms with Crippen LogP contribution in [0, 0.1) is 0 Å². The molecule has 0 radical (unpaired) electrons. The molecule has 2 nitrogen and oxygen atoms in total. The topological polar surface area (TPSA) is 24.7 Å². The Kier molecular flexibility index (Phi) is 8.75. The summed E-state index contributed by atoms with van der Waals surface area (Å²) in [5.74, 6) is 0. The standard InChI is InChI=1S/C37H58N2/c1-32(2,3)24-19-26(34(7,8)9)30(27(20-24)35(10,11)12)38-23-39-31-28(36(13,14)15)21-25(33(4,5)6)22-29(31)37(16,17)18/h19-22H,1-18H3. The van der Waals surface area contributed by atoms with E-state index in [1.807, 2.05) is 0 Å². The lowest BCUT2D eigenvalue weighted by Crippen LogP contribution is -2.21. The number of rotatable bonds is 2. The first-order valence-corrected chi connectivity index (χ1v) is 14.7. The molecule has 0 spiro atoms. The molecule has 0 bridgehead atoms. The molecule has 0 fully saturated rings. The third-order valence-corrected chi connectivity index (χ3v) is 7.51. The highest BCUT2D eigenvalue weighted by Gasteiger charge is 2.31. The van der Waals surface area contributed by atoms with Crippen molar-refractivity contribution in [2.24, 2.45) is 9.98 Å². The van der Waals surface area contributed by atoms with Gasteiger partial charge in [0.2, 0.25) is 0 Å². The molecule has 0 aliphatic rings. The molecule has 2 rings (SSSR count). The fraction of sp³-hybridized carbons (Fsp3) is 0.649. The molecule has 2 aromatic carbocycles. The number of hydrogen-bond donors (Lipinski definition) is 0. The maximum Gasteiger partial charge on any atom is 0.101 e. The van der Waals surface area contributed by atoms with E-state index in [0.29, 0.717) is 0 Å². The van der Waals surface area contributed by atoms with Gasteiger partial charge in [-0.05, 0) is 65.9 Å². The van der Waals surface area contributed by atoms with Crippen molar-refractivity contribution in [3.05, 3.63) is 57.6 Å². The molecule has 0 heterocycles. The van der Waals surface area contributed by atoms with Gasteiger partial charge in [0, 0.05) is 0 Å². The Morgan fingerprint density at radius 2 is 0.564 bits per heavy atom. The molecule has 216 valence electrons. The molecule has 2 heteroatoms. The van der Waals surface area contributed by atoms with E-state index in [4.69, 9.17) is 9.98 Å². The first-order chi connectivity index (χ1) is 17.1. The predicted molar refractivity (Wildman–Crippen MR) is 174 cm³/mol. The highest BCUT2D eigenvalue weighted by molar-refractivity contribution is 5.70. The van der Waals surface area contributed by atoms with Crippen molar-refractivity contribution in [1.29, 1.82) is 0 Å². The molecule has 0 saturated heterocycles. The van der Waals surface area contributed by atoms with Gasteiger partial charge < -0.3 is 0 Å².